The SMILES string of the molecule is COc1c([C@H]2[C@H](c3cc(=O)c(Cl)c(C)[nH]3)O[C@@](C)(C(F)(F)F)[C@H]2C)ccc(F)c1F. The third-order valence-electron chi connectivity index (χ3n) is 5.78. The number of benzene rings is 1. The number of aromatic amines is 1. The zero-order chi connectivity index (χ0) is 22.6. The van der Waals surface area contributed by atoms with Crippen LogP contribution in [-0.4, -0.2) is 23.9 Å². The monoisotopic (exact) mass is 451 g/mol. The molecule has 0 spiro atoms. The summed E-state index contributed by atoms with van der Waals surface area (Å²) < 4.78 is 80.3. The molecule has 10 heteroatoms. The maximum absolute atomic E-state index is 14.3. The first-order valence-corrected chi connectivity index (χ1v) is 9.37. The van der Waals surface area contributed by atoms with Gasteiger partial charge in [0.2, 0.25) is 11.2 Å². The van der Waals surface area contributed by atoms with Crippen LogP contribution in [0.15, 0.2) is 23.0 Å². The Balaban J connectivity index is 2.27. The van der Waals surface area contributed by atoms with Gasteiger partial charge in [0.15, 0.2) is 17.2 Å². The molecular formula is C20H19ClF5NO3. The molecule has 1 aliphatic rings. The fourth-order valence-corrected chi connectivity index (χ4v) is 4.03. The summed E-state index contributed by atoms with van der Waals surface area (Å²) in [5.41, 5.74) is -2.94. The summed E-state index contributed by atoms with van der Waals surface area (Å²) in [6.45, 7) is 3.68. The molecule has 1 N–H and O–H groups in total. The van der Waals surface area contributed by atoms with Crippen LogP contribution in [0, 0.1) is 24.5 Å². The lowest BCUT2D eigenvalue weighted by atomic mass is 9.76. The lowest BCUT2D eigenvalue weighted by Crippen LogP contribution is -2.46. The Morgan fingerprint density at radius 1 is 1.27 bits per heavy atom. The van der Waals surface area contributed by atoms with Gasteiger partial charge in [-0.1, -0.05) is 24.6 Å². The number of H-pyrrole nitrogens is 1. The van der Waals surface area contributed by atoms with Crippen molar-refractivity contribution in [2.24, 2.45) is 5.92 Å². The van der Waals surface area contributed by atoms with Crippen molar-refractivity contribution >= 4 is 11.6 Å². The fourth-order valence-electron chi connectivity index (χ4n) is 3.93. The van der Waals surface area contributed by atoms with E-state index in [2.05, 4.69) is 4.98 Å². The highest BCUT2D eigenvalue weighted by molar-refractivity contribution is 6.31. The van der Waals surface area contributed by atoms with Gasteiger partial charge in [-0.15, -0.1) is 0 Å². The van der Waals surface area contributed by atoms with Crippen molar-refractivity contribution < 1.29 is 31.4 Å². The van der Waals surface area contributed by atoms with Gasteiger partial charge in [-0.3, -0.25) is 4.79 Å². The Morgan fingerprint density at radius 2 is 1.90 bits per heavy atom. The van der Waals surface area contributed by atoms with Crippen LogP contribution >= 0.6 is 11.6 Å². The maximum atomic E-state index is 14.3. The van der Waals surface area contributed by atoms with Gasteiger partial charge in [0.05, 0.1) is 7.11 Å². The van der Waals surface area contributed by atoms with Crippen LogP contribution in [0.1, 0.15) is 42.8 Å². The molecule has 0 saturated carbocycles. The minimum Gasteiger partial charge on any atom is -0.493 e. The van der Waals surface area contributed by atoms with Gasteiger partial charge in [0, 0.05) is 34.9 Å². The zero-order valence-corrected chi connectivity index (χ0v) is 17.2. The molecule has 4 nitrogen and oxygen atoms in total. The molecule has 2 aromatic rings. The largest absolute Gasteiger partial charge is 0.493 e. The van der Waals surface area contributed by atoms with Crippen molar-refractivity contribution in [3.63, 3.8) is 0 Å². The van der Waals surface area contributed by atoms with E-state index in [0.717, 1.165) is 32.2 Å². The van der Waals surface area contributed by atoms with E-state index in [4.69, 9.17) is 21.1 Å². The molecule has 1 fully saturated rings. The summed E-state index contributed by atoms with van der Waals surface area (Å²) in [5.74, 6) is -5.38. The van der Waals surface area contributed by atoms with E-state index in [1.54, 1.807) is 0 Å². The van der Waals surface area contributed by atoms with Crippen molar-refractivity contribution in [1.29, 1.82) is 0 Å². The van der Waals surface area contributed by atoms with Gasteiger partial charge in [-0.25, -0.2) is 4.39 Å². The highest BCUT2D eigenvalue weighted by Crippen LogP contribution is 2.59. The molecule has 0 aliphatic carbocycles. The molecule has 0 radical (unpaired) electrons. The Morgan fingerprint density at radius 3 is 2.43 bits per heavy atom. The third-order valence-corrected chi connectivity index (χ3v) is 6.25. The molecule has 2 heterocycles. The highest BCUT2D eigenvalue weighted by atomic mass is 35.5. The normalized spacial score (nSPS) is 26.8. The number of nitrogens with one attached hydrogen (secondary N) is 1. The van der Waals surface area contributed by atoms with E-state index in [1.165, 1.54) is 13.8 Å². The van der Waals surface area contributed by atoms with Gasteiger partial charge in [-0.05, 0) is 19.9 Å². The molecule has 1 aliphatic heterocycles. The molecule has 1 aromatic heterocycles. The molecule has 0 amide bonds. The van der Waals surface area contributed by atoms with E-state index in [-0.39, 0.29) is 22.0 Å². The quantitative estimate of drug-likeness (QED) is 0.633. The summed E-state index contributed by atoms with van der Waals surface area (Å²) in [6, 6.07) is 3.03. The first-order chi connectivity index (χ1) is 13.8. The van der Waals surface area contributed by atoms with Crippen molar-refractivity contribution in [3.05, 3.63) is 62.0 Å². The predicted molar refractivity (Wildman–Crippen MR) is 99.9 cm³/mol. The van der Waals surface area contributed by atoms with E-state index in [1.807, 2.05) is 0 Å². The Hall–Kier alpha value is -2.13. The molecule has 4 atom stereocenters. The number of hydrogen-bond donors (Lipinski definition) is 1. The number of aryl methyl sites for hydroxylation is 1. The Bertz CT molecular complexity index is 1040. The van der Waals surface area contributed by atoms with Crippen molar-refractivity contribution in [2.45, 2.75) is 44.6 Å². The number of alkyl halides is 3. The zero-order valence-electron chi connectivity index (χ0n) is 16.5. The molecule has 1 saturated heterocycles. The number of ether oxygens (including phenoxy) is 2. The summed E-state index contributed by atoms with van der Waals surface area (Å²) in [7, 11) is 1.09. The van der Waals surface area contributed by atoms with Gasteiger partial charge in [0.25, 0.3) is 0 Å². The van der Waals surface area contributed by atoms with Crippen LogP contribution < -0.4 is 10.2 Å². The second kappa shape index (κ2) is 7.53. The lowest BCUT2D eigenvalue weighted by molar-refractivity contribution is -0.275. The minimum atomic E-state index is -4.77. The van der Waals surface area contributed by atoms with E-state index < -0.39 is 52.5 Å². The molecule has 1 aromatic carbocycles. The van der Waals surface area contributed by atoms with Gasteiger partial charge in [0.1, 0.15) is 11.1 Å². The lowest BCUT2D eigenvalue weighted by Gasteiger charge is -2.32. The molecule has 30 heavy (non-hydrogen) atoms. The van der Waals surface area contributed by atoms with Gasteiger partial charge in [-0.2, -0.15) is 17.6 Å². The Kier molecular flexibility index (Phi) is 5.66. The molecule has 164 valence electrons. The topological polar surface area (TPSA) is 51.3 Å². The van der Waals surface area contributed by atoms with Gasteiger partial charge >= 0.3 is 6.18 Å². The molecule has 0 bridgehead atoms. The predicted octanol–water partition coefficient (Wildman–Crippen LogP) is 5.44. The summed E-state index contributed by atoms with van der Waals surface area (Å²) >= 11 is 5.88. The number of rotatable bonds is 3. The van der Waals surface area contributed by atoms with Crippen LogP contribution in [0.25, 0.3) is 0 Å². The highest BCUT2D eigenvalue weighted by Gasteiger charge is 2.65. The number of aromatic nitrogens is 1. The first-order valence-electron chi connectivity index (χ1n) is 8.99. The molecule has 3 rings (SSSR count). The van der Waals surface area contributed by atoms with Crippen LogP contribution in [0.5, 0.6) is 5.75 Å². The smallest absolute Gasteiger partial charge is 0.417 e. The first kappa shape index (κ1) is 22.6. The van der Waals surface area contributed by atoms with E-state index in [9.17, 15) is 26.7 Å². The van der Waals surface area contributed by atoms with Crippen LogP contribution in [0.2, 0.25) is 5.02 Å². The fraction of sp³-hybridized carbons (Fsp3) is 0.450. The molecular weight excluding hydrogens is 433 g/mol. The third kappa shape index (κ3) is 3.37. The number of methoxy groups -OCH3 is 1. The van der Waals surface area contributed by atoms with Crippen LogP contribution in [0.4, 0.5) is 22.0 Å². The molecule has 0 unspecified atom stereocenters. The standard InChI is InChI=1S/C20H19ClF5NO3/c1-8-14(10-5-6-11(22)16(23)17(10)29-4)18(30-19(8,3)20(24,25)26)12-7-13(28)15(21)9(2)27-12/h5-8,14,18H,1-4H3,(H,27,28)/t8-,14-,18-,19+/m0/s1. The average molecular weight is 452 g/mol. The summed E-state index contributed by atoms with van der Waals surface area (Å²) in [6.07, 6.45) is -6.10. The average Bonchev–Trinajstić information content (AvgIpc) is 2.94. The Labute approximate surface area is 174 Å². The number of pyridine rings is 1. The van der Waals surface area contributed by atoms with E-state index >= 15 is 0 Å². The number of hydrogen-bond acceptors (Lipinski definition) is 3. The van der Waals surface area contributed by atoms with Crippen LogP contribution in [0.3, 0.4) is 0 Å². The maximum Gasteiger partial charge on any atom is 0.417 e. The second-order valence-corrected chi connectivity index (χ2v) is 7.85. The van der Waals surface area contributed by atoms with Gasteiger partial charge < -0.3 is 14.5 Å². The second-order valence-electron chi connectivity index (χ2n) is 7.47. The van der Waals surface area contributed by atoms with Crippen molar-refractivity contribution in [2.75, 3.05) is 7.11 Å². The van der Waals surface area contributed by atoms with Crippen molar-refractivity contribution in [3.8, 4) is 5.75 Å². The number of halogens is 6. The van der Waals surface area contributed by atoms with Crippen LogP contribution in [-0.2, 0) is 4.74 Å². The van der Waals surface area contributed by atoms with Crippen molar-refractivity contribution in [1.82, 2.24) is 4.98 Å². The summed E-state index contributed by atoms with van der Waals surface area (Å²) in [4.78, 5) is 15.0. The minimum absolute atomic E-state index is 0.00433. The summed E-state index contributed by atoms with van der Waals surface area (Å²) in [5, 5.41) is -0.106. The van der Waals surface area contributed by atoms with E-state index in [0.29, 0.717) is 0 Å².